The molecule has 2 heterocycles. The zero-order valence-electron chi connectivity index (χ0n) is 16.5. The molecule has 7 heteroatoms. The lowest BCUT2D eigenvalue weighted by atomic mass is 9.82. The molecule has 4 nitrogen and oxygen atoms in total. The number of halogens is 3. The van der Waals surface area contributed by atoms with Gasteiger partial charge in [-0.2, -0.15) is 13.2 Å². The van der Waals surface area contributed by atoms with Crippen LogP contribution in [-0.2, 0) is 17.4 Å². The van der Waals surface area contributed by atoms with Crippen LogP contribution in [0.1, 0.15) is 11.1 Å². The summed E-state index contributed by atoms with van der Waals surface area (Å²) in [5.74, 6) is -0.588. The minimum atomic E-state index is -4.40. The van der Waals surface area contributed by atoms with Crippen LogP contribution < -0.4 is 15.1 Å². The normalized spacial score (nSPS) is 20.9. The van der Waals surface area contributed by atoms with Crippen molar-refractivity contribution in [2.45, 2.75) is 18.6 Å². The summed E-state index contributed by atoms with van der Waals surface area (Å²) in [4.78, 5) is 17.3. The van der Waals surface area contributed by atoms with E-state index < -0.39 is 17.7 Å². The summed E-state index contributed by atoms with van der Waals surface area (Å²) in [6, 6.07) is 13.8. The average Bonchev–Trinajstić information content (AvgIpc) is 2.76. The number of fused-ring (bicyclic) bond motifs is 3. The first kappa shape index (κ1) is 20.3. The lowest BCUT2D eigenvalue weighted by Crippen LogP contribution is -2.61. The molecule has 2 aromatic carbocycles. The lowest BCUT2D eigenvalue weighted by molar-refractivity contribution is -0.137. The number of hydrogen-bond acceptors (Lipinski definition) is 3. The maximum atomic E-state index is 13.2. The SMILES string of the molecule is C=CCNC(=O)[C@@H]1Cc2cc(C(F)(F)F)ccc2N2CCN(c3ccccc3)C[C@@H]12. The van der Waals surface area contributed by atoms with Crippen LogP contribution in [0.15, 0.2) is 61.2 Å². The van der Waals surface area contributed by atoms with Gasteiger partial charge in [-0.3, -0.25) is 4.79 Å². The van der Waals surface area contributed by atoms with Crippen molar-refractivity contribution in [3.8, 4) is 0 Å². The number of carbonyl (C=O) groups excluding carboxylic acids is 1. The largest absolute Gasteiger partial charge is 0.416 e. The molecule has 1 fully saturated rings. The molecule has 0 spiro atoms. The quantitative estimate of drug-likeness (QED) is 0.770. The summed E-state index contributed by atoms with van der Waals surface area (Å²) in [7, 11) is 0. The van der Waals surface area contributed by atoms with E-state index in [1.165, 1.54) is 6.07 Å². The minimum absolute atomic E-state index is 0.118. The van der Waals surface area contributed by atoms with Crippen LogP contribution in [0, 0.1) is 5.92 Å². The Bertz CT molecular complexity index is 929. The van der Waals surface area contributed by atoms with Gasteiger partial charge >= 0.3 is 6.18 Å². The predicted octanol–water partition coefficient (Wildman–Crippen LogP) is 3.88. The zero-order chi connectivity index (χ0) is 21.3. The monoisotopic (exact) mass is 415 g/mol. The molecule has 0 radical (unpaired) electrons. The fraction of sp³-hybridized carbons (Fsp3) is 0.348. The van der Waals surface area contributed by atoms with E-state index in [0.717, 1.165) is 24.0 Å². The second kappa shape index (κ2) is 8.05. The Labute approximate surface area is 174 Å². The molecular weight excluding hydrogens is 391 g/mol. The molecule has 0 saturated carbocycles. The highest BCUT2D eigenvalue weighted by Crippen LogP contribution is 2.40. The van der Waals surface area contributed by atoms with E-state index in [0.29, 0.717) is 25.2 Å². The van der Waals surface area contributed by atoms with Crippen LogP contribution >= 0.6 is 0 Å². The van der Waals surface area contributed by atoms with Gasteiger partial charge in [0.1, 0.15) is 0 Å². The average molecular weight is 415 g/mol. The van der Waals surface area contributed by atoms with Crippen molar-refractivity contribution in [1.29, 1.82) is 0 Å². The number of piperazine rings is 1. The van der Waals surface area contributed by atoms with Crippen LogP contribution in [0.3, 0.4) is 0 Å². The molecule has 4 rings (SSSR count). The Morgan fingerprint density at radius 1 is 1.17 bits per heavy atom. The Morgan fingerprint density at radius 3 is 2.63 bits per heavy atom. The Kier molecular flexibility index (Phi) is 5.45. The number of carbonyl (C=O) groups is 1. The molecule has 30 heavy (non-hydrogen) atoms. The minimum Gasteiger partial charge on any atom is -0.368 e. The smallest absolute Gasteiger partial charge is 0.368 e. The van der Waals surface area contributed by atoms with Gasteiger partial charge in [-0.05, 0) is 42.3 Å². The van der Waals surface area contributed by atoms with Gasteiger partial charge in [-0.15, -0.1) is 6.58 Å². The second-order valence-electron chi connectivity index (χ2n) is 7.73. The summed E-state index contributed by atoms with van der Waals surface area (Å²) in [6.45, 7) is 5.98. The number of benzene rings is 2. The first-order valence-electron chi connectivity index (χ1n) is 10.0. The summed E-state index contributed by atoms with van der Waals surface area (Å²) in [6.07, 6.45) is -2.52. The fourth-order valence-electron chi connectivity index (χ4n) is 4.48. The third-order valence-corrected chi connectivity index (χ3v) is 5.92. The van der Waals surface area contributed by atoms with Crippen molar-refractivity contribution in [2.75, 3.05) is 36.0 Å². The van der Waals surface area contributed by atoms with Crippen LogP contribution in [0.4, 0.5) is 24.5 Å². The summed E-state index contributed by atoms with van der Waals surface area (Å²) >= 11 is 0. The van der Waals surface area contributed by atoms with Crippen molar-refractivity contribution >= 4 is 17.3 Å². The van der Waals surface area contributed by atoms with Gasteiger partial charge in [0.2, 0.25) is 5.91 Å². The molecule has 1 saturated heterocycles. The number of alkyl halides is 3. The van der Waals surface area contributed by atoms with E-state index in [1.807, 2.05) is 30.3 Å². The van der Waals surface area contributed by atoms with E-state index in [9.17, 15) is 18.0 Å². The van der Waals surface area contributed by atoms with Crippen LogP contribution in [0.5, 0.6) is 0 Å². The van der Waals surface area contributed by atoms with Crippen LogP contribution in [-0.4, -0.2) is 38.1 Å². The van der Waals surface area contributed by atoms with E-state index in [2.05, 4.69) is 21.7 Å². The molecule has 2 aliphatic rings. The Morgan fingerprint density at radius 2 is 1.93 bits per heavy atom. The molecule has 2 aromatic rings. The van der Waals surface area contributed by atoms with E-state index in [1.54, 1.807) is 12.1 Å². The standard InChI is InChI=1S/C23H24F3N3O/c1-2-10-27-22(30)19-14-16-13-17(23(24,25)26)8-9-20(16)29-12-11-28(15-21(19)29)18-6-4-3-5-7-18/h2-9,13,19,21H,1,10-12,14-15H2,(H,27,30)/t19-,21+/m1/s1. The summed E-state index contributed by atoms with van der Waals surface area (Å²) < 4.78 is 39.7. The van der Waals surface area contributed by atoms with Crippen molar-refractivity contribution in [3.63, 3.8) is 0 Å². The van der Waals surface area contributed by atoms with Crippen molar-refractivity contribution in [2.24, 2.45) is 5.92 Å². The van der Waals surface area contributed by atoms with Gasteiger partial charge in [0.15, 0.2) is 0 Å². The third-order valence-electron chi connectivity index (χ3n) is 5.92. The van der Waals surface area contributed by atoms with Crippen LogP contribution in [0.25, 0.3) is 0 Å². The highest BCUT2D eigenvalue weighted by Gasteiger charge is 2.42. The number of amides is 1. The van der Waals surface area contributed by atoms with Crippen LogP contribution in [0.2, 0.25) is 0 Å². The topological polar surface area (TPSA) is 35.6 Å². The molecule has 2 atom stereocenters. The molecule has 1 amide bonds. The fourth-order valence-corrected chi connectivity index (χ4v) is 4.48. The molecule has 0 unspecified atom stereocenters. The first-order chi connectivity index (χ1) is 14.4. The molecule has 2 aliphatic heterocycles. The summed E-state index contributed by atoms with van der Waals surface area (Å²) in [5.41, 5.74) is 1.79. The number of nitrogens with zero attached hydrogens (tertiary/aromatic N) is 2. The number of para-hydroxylation sites is 1. The zero-order valence-corrected chi connectivity index (χ0v) is 16.5. The molecule has 0 aromatic heterocycles. The van der Waals surface area contributed by atoms with Gasteiger partial charge in [-0.1, -0.05) is 24.3 Å². The second-order valence-corrected chi connectivity index (χ2v) is 7.73. The third kappa shape index (κ3) is 3.88. The number of anilines is 2. The predicted molar refractivity (Wildman–Crippen MR) is 112 cm³/mol. The maximum absolute atomic E-state index is 13.2. The Hall–Kier alpha value is -2.96. The number of hydrogen-bond donors (Lipinski definition) is 1. The summed E-state index contributed by atoms with van der Waals surface area (Å²) in [5, 5.41) is 2.84. The highest BCUT2D eigenvalue weighted by molar-refractivity contribution is 5.82. The Balaban J connectivity index is 1.68. The van der Waals surface area contributed by atoms with Crippen molar-refractivity contribution in [3.05, 3.63) is 72.3 Å². The molecule has 1 N–H and O–H groups in total. The lowest BCUT2D eigenvalue weighted by Gasteiger charge is -2.49. The van der Waals surface area contributed by atoms with Gasteiger partial charge in [0, 0.05) is 37.6 Å². The molecular formula is C23H24F3N3O. The van der Waals surface area contributed by atoms with E-state index in [4.69, 9.17) is 0 Å². The molecule has 0 bridgehead atoms. The molecule has 0 aliphatic carbocycles. The van der Waals surface area contributed by atoms with Crippen molar-refractivity contribution in [1.82, 2.24) is 5.32 Å². The number of rotatable bonds is 4. The van der Waals surface area contributed by atoms with Gasteiger partial charge < -0.3 is 15.1 Å². The van der Waals surface area contributed by atoms with E-state index in [-0.39, 0.29) is 18.4 Å². The maximum Gasteiger partial charge on any atom is 0.416 e. The first-order valence-corrected chi connectivity index (χ1v) is 10.0. The molecule has 158 valence electrons. The number of nitrogens with one attached hydrogen (secondary N) is 1. The van der Waals surface area contributed by atoms with E-state index >= 15 is 0 Å². The van der Waals surface area contributed by atoms with Gasteiger partial charge in [0.05, 0.1) is 17.5 Å². The highest BCUT2D eigenvalue weighted by atomic mass is 19.4. The van der Waals surface area contributed by atoms with Gasteiger partial charge in [0.25, 0.3) is 0 Å². The van der Waals surface area contributed by atoms with Crippen molar-refractivity contribution < 1.29 is 18.0 Å². The van der Waals surface area contributed by atoms with Gasteiger partial charge in [-0.25, -0.2) is 0 Å².